The van der Waals surface area contributed by atoms with Crippen molar-refractivity contribution < 1.29 is 0 Å². The van der Waals surface area contributed by atoms with Crippen LogP contribution in [-0.2, 0) is 0 Å². The molecule has 0 unspecified atom stereocenters. The van der Waals surface area contributed by atoms with E-state index in [9.17, 15) is 0 Å². The fourth-order valence-corrected chi connectivity index (χ4v) is 5.51. The normalized spacial score (nSPS) is 33.5. The van der Waals surface area contributed by atoms with Crippen LogP contribution in [0.4, 0.5) is 0 Å². The first-order chi connectivity index (χ1) is 5.18. The molecule has 2 nitrogen and oxygen atoms in total. The van der Waals surface area contributed by atoms with Crippen molar-refractivity contribution in [3.8, 4) is 0 Å². The van der Waals surface area contributed by atoms with Crippen LogP contribution < -0.4 is 9.26 Å². The van der Waals surface area contributed by atoms with E-state index in [1.165, 1.54) is 25.7 Å². The molecule has 68 valence electrons. The molecule has 0 aromatic carbocycles. The van der Waals surface area contributed by atoms with Gasteiger partial charge in [0.2, 0.25) is 0 Å². The van der Waals surface area contributed by atoms with Gasteiger partial charge in [-0.25, -0.2) is 0 Å². The van der Waals surface area contributed by atoms with Gasteiger partial charge in [-0.15, -0.1) is 0 Å². The van der Waals surface area contributed by atoms with Gasteiger partial charge < -0.3 is 0 Å². The number of nitrogens with two attached hydrogens (primary N) is 1. The molecule has 1 rings (SSSR count). The van der Waals surface area contributed by atoms with Gasteiger partial charge in [-0.2, -0.15) is 0 Å². The molecule has 0 radical (unpaired) electrons. The summed E-state index contributed by atoms with van der Waals surface area (Å²) in [5.74, 6) is 0. The fourth-order valence-electron chi connectivity index (χ4n) is 1.44. The third-order valence-electron chi connectivity index (χ3n) is 2.08. The first kappa shape index (κ1) is 10.5. The van der Waals surface area contributed by atoms with Crippen LogP contribution in [0.15, 0.2) is 0 Å². The topological polar surface area (TPSA) is 38.0 Å². The number of hydrogen-bond acceptors (Lipinski definition) is 2. The molecule has 0 spiro atoms. The zero-order chi connectivity index (χ0) is 8.27. The van der Waals surface area contributed by atoms with Gasteiger partial charge in [0.1, 0.15) is 0 Å². The molecule has 0 amide bonds. The standard InChI is InChI=1S/C7H16I2N2/c1-9(8)11-7-4-2-6(10)3-5-7/h6-7,11H,2-5,10H2,1H3. The first-order valence-corrected chi connectivity index (χ1v) is 13.5. The Hall–Kier alpha value is 1.38. The number of alkyl halides is 1. The van der Waals surface area contributed by atoms with Crippen LogP contribution in [0.3, 0.4) is 0 Å². The van der Waals surface area contributed by atoms with Crippen molar-refractivity contribution in [3.05, 3.63) is 0 Å². The molecule has 0 saturated heterocycles. The van der Waals surface area contributed by atoms with E-state index in [1.807, 2.05) is 0 Å². The quantitative estimate of drug-likeness (QED) is 0.437. The van der Waals surface area contributed by atoms with Crippen LogP contribution in [0.5, 0.6) is 0 Å². The Labute approximate surface area is 86.0 Å². The van der Waals surface area contributed by atoms with Crippen molar-refractivity contribution in [2.24, 2.45) is 5.73 Å². The Morgan fingerprint density at radius 3 is 2.36 bits per heavy atom. The third kappa shape index (κ3) is 4.23. The van der Waals surface area contributed by atoms with Crippen molar-refractivity contribution in [1.29, 1.82) is 0 Å². The van der Waals surface area contributed by atoms with Crippen LogP contribution in [-0.4, -0.2) is 17.0 Å². The van der Waals surface area contributed by atoms with E-state index >= 15 is 0 Å². The van der Waals surface area contributed by atoms with Gasteiger partial charge in [0.25, 0.3) is 0 Å². The molecule has 11 heavy (non-hydrogen) atoms. The summed E-state index contributed by atoms with van der Waals surface area (Å²) >= 11 is 1.83. The van der Waals surface area contributed by atoms with Gasteiger partial charge in [-0.1, -0.05) is 0 Å². The average molecular weight is 382 g/mol. The van der Waals surface area contributed by atoms with Crippen LogP contribution in [0.25, 0.3) is 0 Å². The summed E-state index contributed by atoms with van der Waals surface area (Å²) in [6.07, 6.45) is 5.04. The molecule has 0 aliphatic heterocycles. The van der Waals surface area contributed by atoms with E-state index in [1.54, 1.807) is 0 Å². The van der Waals surface area contributed by atoms with Crippen LogP contribution in [0, 0.1) is 0 Å². The zero-order valence-corrected chi connectivity index (χ0v) is 11.1. The van der Waals surface area contributed by atoms with Crippen molar-refractivity contribution in [3.63, 3.8) is 0 Å². The molecule has 1 fully saturated rings. The van der Waals surface area contributed by atoms with Gasteiger partial charge in [0, 0.05) is 0 Å². The second kappa shape index (κ2) is 5.18. The molecule has 0 bridgehead atoms. The predicted molar refractivity (Wildman–Crippen MR) is 67.3 cm³/mol. The molecule has 1 aliphatic carbocycles. The SMILES string of the molecule is CI(I)NC1CCC(N)CC1. The summed E-state index contributed by atoms with van der Waals surface area (Å²) in [6.45, 7) is 0. The summed E-state index contributed by atoms with van der Waals surface area (Å²) in [5.41, 5.74) is 5.81. The maximum atomic E-state index is 5.81. The summed E-state index contributed by atoms with van der Waals surface area (Å²) in [4.78, 5) is 2.35. The Morgan fingerprint density at radius 2 is 1.91 bits per heavy atom. The van der Waals surface area contributed by atoms with E-state index in [-0.39, 0.29) is 0 Å². The Bertz CT molecular complexity index is 111. The molecular weight excluding hydrogens is 366 g/mol. The maximum absolute atomic E-state index is 5.81. The van der Waals surface area contributed by atoms with E-state index in [4.69, 9.17) is 5.73 Å². The Balaban J connectivity index is 2.17. The Kier molecular flexibility index (Phi) is 4.93. The van der Waals surface area contributed by atoms with Crippen LogP contribution in [0.2, 0.25) is 0 Å². The van der Waals surface area contributed by atoms with Gasteiger partial charge >= 0.3 is 86.7 Å². The van der Waals surface area contributed by atoms with E-state index < -0.39 is 16.1 Å². The molecular formula is C7H16I2N2. The van der Waals surface area contributed by atoms with Gasteiger partial charge in [0.05, 0.1) is 0 Å². The number of rotatable bonds is 2. The first-order valence-electron chi connectivity index (χ1n) is 3.96. The molecule has 1 aliphatic rings. The number of hydrogen-bond donors (Lipinski definition) is 2. The third-order valence-corrected chi connectivity index (χ3v) is 5.39. The summed E-state index contributed by atoms with van der Waals surface area (Å²) < 4.78 is 3.69. The molecule has 0 heterocycles. The van der Waals surface area contributed by atoms with Gasteiger partial charge in [-0.05, 0) is 0 Å². The minimum atomic E-state index is -0.735. The Morgan fingerprint density at radius 1 is 1.36 bits per heavy atom. The molecule has 0 aromatic heterocycles. The molecule has 1 saturated carbocycles. The molecule has 0 atom stereocenters. The van der Waals surface area contributed by atoms with Crippen molar-refractivity contribution in [1.82, 2.24) is 3.53 Å². The summed E-state index contributed by atoms with van der Waals surface area (Å²) in [6, 6.07) is 1.28. The summed E-state index contributed by atoms with van der Waals surface area (Å²) in [5, 5.41) is 0. The van der Waals surface area contributed by atoms with Crippen molar-refractivity contribution in [2.45, 2.75) is 37.8 Å². The molecule has 0 aromatic rings. The predicted octanol–water partition coefficient (Wildman–Crippen LogP) is 2.25. The van der Waals surface area contributed by atoms with Crippen LogP contribution in [0.1, 0.15) is 25.7 Å². The minimum absolute atomic E-state index is 0.487. The molecule has 4 heteroatoms. The van der Waals surface area contributed by atoms with Gasteiger partial charge in [0.15, 0.2) is 0 Å². The fraction of sp³-hybridized carbons (Fsp3) is 1.00. The zero-order valence-electron chi connectivity index (χ0n) is 6.82. The van der Waals surface area contributed by atoms with E-state index in [0.29, 0.717) is 6.04 Å². The van der Waals surface area contributed by atoms with Gasteiger partial charge in [-0.3, -0.25) is 0 Å². The monoisotopic (exact) mass is 382 g/mol. The average Bonchev–Trinajstić information content (AvgIpc) is 1.93. The van der Waals surface area contributed by atoms with Crippen molar-refractivity contribution in [2.75, 3.05) is 4.93 Å². The second-order valence-corrected chi connectivity index (χ2v) is 14.3. The molecule has 3 N–H and O–H groups in total. The summed E-state index contributed by atoms with van der Waals surface area (Å²) in [7, 11) is 0. The van der Waals surface area contributed by atoms with E-state index in [2.05, 4.69) is 27.1 Å². The number of nitrogens with one attached hydrogen (secondary N) is 1. The second-order valence-electron chi connectivity index (χ2n) is 3.12. The number of halogens is 2. The van der Waals surface area contributed by atoms with Crippen molar-refractivity contribution >= 4 is 34.7 Å². The van der Waals surface area contributed by atoms with Crippen LogP contribution >= 0.6 is 34.7 Å². The van der Waals surface area contributed by atoms with E-state index in [0.717, 1.165) is 6.04 Å².